The van der Waals surface area contributed by atoms with Crippen molar-refractivity contribution in [3.8, 4) is 0 Å². The lowest BCUT2D eigenvalue weighted by Gasteiger charge is -2.19. The molecule has 6 heteroatoms. The highest BCUT2D eigenvalue weighted by Crippen LogP contribution is 2.46. The summed E-state index contributed by atoms with van der Waals surface area (Å²) in [6.07, 6.45) is 4.62. The Hall–Kier alpha value is -2.08. The zero-order chi connectivity index (χ0) is 18.6. The van der Waals surface area contributed by atoms with Crippen molar-refractivity contribution in [2.24, 2.45) is 5.41 Å². The zero-order valence-electron chi connectivity index (χ0n) is 15.9. The van der Waals surface area contributed by atoms with Gasteiger partial charge in [0.15, 0.2) is 0 Å². The Labute approximate surface area is 155 Å². The summed E-state index contributed by atoms with van der Waals surface area (Å²) < 4.78 is 0. The first-order valence-electron chi connectivity index (χ1n) is 9.61. The van der Waals surface area contributed by atoms with Crippen LogP contribution in [0.1, 0.15) is 32.1 Å². The summed E-state index contributed by atoms with van der Waals surface area (Å²) in [6.45, 7) is 3.73. The number of carbonyl (C=O) groups excluding carboxylic acids is 2. The molecule has 0 atom stereocenters. The number of benzene rings is 1. The van der Waals surface area contributed by atoms with Crippen molar-refractivity contribution in [2.75, 3.05) is 50.5 Å². The SMILES string of the molecule is CN(C)CCCNC(=O)C1(C(=O)Nc2ccc(N3CCCC3)cc2)CC1. The third-order valence-electron chi connectivity index (χ3n) is 5.28. The van der Waals surface area contributed by atoms with E-state index in [0.717, 1.165) is 31.7 Å². The maximum absolute atomic E-state index is 12.6. The monoisotopic (exact) mass is 358 g/mol. The molecule has 1 aromatic carbocycles. The number of nitrogens with zero attached hydrogens (tertiary/aromatic N) is 2. The molecule has 0 radical (unpaired) electrons. The van der Waals surface area contributed by atoms with Gasteiger partial charge in [0, 0.05) is 31.0 Å². The molecule has 1 saturated heterocycles. The molecule has 26 heavy (non-hydrogen) atoms. The van der Waals surface area contributed by atoms with Crippen LogP contribution < -0.4 is 15.5 Å². The molecule has 2 amide bonds. The minimum Gasteiger partial charge on any atom is -0.372 e. The van der Waals surface area contributed by atoms with Crippen molar-refractivity contribution in [1.82, 2.24) is 10.2 Å². The van der Waals surface area contributed by atoms with Crippen LogP contribution in [0.25, 0.3) is 0 Å². The summed E-state index contributed by atoms with van der Waals surface area (Å²) in [5.74, 6) is -0.320. The lowest BCUT2D eigenvalue weighted by molar-refractivity contribution is -0.134. The molecule has 1 aliphatic carbocycles. The minimum atomic E-state index is -0.869. The van der Waals surface area contributed by atoms with E-state index in [2.05, 4.69) is 20.4 Å². The van der Waals surface area contributed by atoms with Gasteiger partial charge in [-0.25, -0.2) is 0 Å². The highest BCUT2D eigenvalue weighted by molar-refractivity contribution is 6.13. The fourth-order valence-corrected chi connectivity index (χ4v) is 3.43. The van der Waals surface area contributed by atoms with Crippen molar-refractivity contribution in [2.45, 2.75) is 32.1 Å². The molecule has 6 nitrogen and oxygen atoms in total. The summed E-state index contributed by atoms with van der Waals surface area (Å²) in [5.41, 5.74) is 1.08. The third kappa shape index (κ3) is 4.36. The molecule has 1 aliphatic heterocycles. The van der Waals surface area contributed by atoms with Gasteiger partial charge >= 0.3 is 0 Å². The lowest BCUT2D eigenvalue weighted by Crippen LogP contribution is -2.40. The van der Waals surface area contributed by atoms with Gasteiger partial charge in [-0.1, -0.05) is 0 Å². The Kier molecular flexibility index (Phi) is 5.81. The molecule has 1 heterocycles. The van der Waals surface area contributed by atoms with Gasteiger partial charge in [0.05, 0.1) is 0 Å². The first kappa shape index (κ1) is 18.7. The fraction of sp³-hybridized carbons (Fsp3) is 0.600. The highest BCUT2D eigenvalue weighted by atomic mass is 16.2. The van der Waals surface area contributed by atoms with Crippen molar-refractivity contribution in [1.29, 1.82) is 0 Å². The van der Waals surface area contributed by atoms with Crippen LogP contribution in [0.4, 0.5) is 11.4 Å². The summed E-state index contributed by atoms with van der Waals surface area (Å²) in [7, 11) is 4.01. The minimum absolute atomic E-state index is 0.137. The zero-order valence-corrected chi connectivity index (χ0v) is 15.9. The highest BCUT2D eigenvalue weighted by Gasteiger charge is 2.56. The lowest BCUT2D eigenvalue weighted by atomic mass is 10.0. The summed E-state index contributed by atoms with van der Waals surface area (Å²) >= 11 is 0. The van der Waals surface area contributed by atoms with Crippen LogP contribution in [-0.4, -0.2) is 57.0 Å². The van der Waals surface area contributed by atoms with E-state index in [-0.39, 0.29) is 11.8 Å². The standard InChI is InChI=1S/C20H30N4O2/c1-23(2)13-5-12-21-18(25)20(10-11-20)19(26)22-16-6-8-17(9-7-16)24-14-3-4-15-24/h6-9H,3-5,10-15H2,1-2H3,(H,21,25)(H,22,26). The Morgan fingerprint density at radius 3 is 2.31 bits per heavy atom. The van der Waals surface area contributed by atoms with Crippen molar-refractivity contribution in [3.05, 3.63) is 24.3 Å². The van der Waals surface area contributed by atoms with E-state index in [1.54, 1.807) is 0 Å². The average molecular weight is 358 g/mol. The Morgan fingerprint density at radius 2 is 1.73 bits per heavy atom. The summed E-state index contributed by atoms with van der Waals surface area (Å²) in [4.78, 5) is 29.5. The number of anilines is 2. The number of carbonyl (C=O) groups is 2. The quantitative estimate of drug-likeness (QED) is 0.552. The van der Waals surface area contributed by atoms with Gasteiger partial charge in [0.1, 0.15) is 5.41 Å². The largest absolute Gasteiger partial charge is 0.372 e. The average Bonchev–Trinajstić information content (AvgIpc) is 3.27. The normalized spacial score (nSPS) is 18.0. The van der Waals surface area contributed by atoms with E-state index in [9.17, 15) is 9.59 Å². The van der Waals surface area contributed by atoms with E-state index in [0.29, 0.717) is 19.4 Å². The second-order valence-electron chi connectivity index (χ2n) is 7.69. The van der Waals surface area contributed by atoms with Crippen LogP contribution in [0.3, 0.4) is 0 Å². The second-order valence-corrected chi connectivity index (χ2v) is 7.69. The maximum atomic E-state index is 12.6. The Bertz CT molecular complexity index is 632. The van der Waals surface area contributed by atoms with Crippen LogP contribution in [0.2, 0.25) is 0 Å². The van der Waals surface area contributed by atoms with Crippen LogP contribution in [0, 0.1) is 5.41 Å². The smallest absolute Gasteiger partial charge is 0.240 e. The number of rotatable bonds is 8. The predicted molar refractivity (Wildman–Crippen MR) is 104 cm³/mol. The molecule has 1 saturated carbocycles. The van der Waals surface area contributed by atoms with E-state index in [1.807, 2.05) is 38.4 Å². The molecular weight excluding hydrogens is 328 g/mol. The number of nitrogens with one attached hydrogen (secondary N) is 2. The van der Waals surface area contributed by atoms with E-state index < -0.39 is 5.41 Å². The summed E-state index contributed by atoms with van der Waals surface area (Å²) in [5, 5.41) is 5.85. The molecule has 0 spiro atoms. The van der Waals surface area contributed by atoms with Gasteiger partial charge in [-0.05, 0) is 77.0 Å². The van der Waals surface area contributed by atoms with Crippen molar-refractivity contribution >= 4 is 23.2 Å². The molecule has 1 aromatic rings. The first-order valence-corrected chi connectivity index (χ1v) is 9.61. The number of hydrogen-bond donors (Lipinski definition) is 2. The summed E-state index contributed by atoms with van der Waals surface area (Å²) in [6, 6.07) is 7.94. The van der Waals surface area contributed by atoms with Crippen LogP contribution in [-0.2, 0) is 9.59 Å². The van der Waals surface area contributed by atoms with E-state index in [1.165, 1.54) is 18.5 Å². The Balaban J connectivity index is 1.51. The molecule has 142 valence electrons. The fourth-order valence-electron chi connectivity index (χ4n) is 3.43. The Morgan fingerprint density at radius 1 is 1.08 bits per heavy atom. The molecule has 0 bridgehead atoms. The van der Waals surface area contributed by atoms with Crippen molar-refractivity contribution in [3.63, 3.8) is 0 Å². The molecule has 0 aromatic heterocycles. The van der Waals surface area contributed by atoms with Gasteiger partial charge in [0.2, 0.25) is 11.8 Å². The molecule has 0 unspecified atom stereocenters. The van der Waals surface area contributed by atoms with Gasteiger partial charge < -0.3 is 20.4 Å². The van der Waals surface area contributed by atoms with Crippen molar-refractivity contribution < 1.29 is 9.59 Å². The van der Waals surface area contributed by atoms with Crippen LogP contribution >= 0.6 is 0 Å². The van der Waals surface area contributed by atoms with Gasteiger partial charge in [-0.15, -0.1) is 0 Å². The van der Waals surface area contributed by atoms with E-state index >= 15 is 0 Å². The number of hydrogen-bond acceptors (Lipinski definition) is 4. The maximum Gasteiger partial charge on any atom is 0.240 e. The first-order chi connectivity index (χ1) is 12.5. The van der Waals surface area contributed by atoms with Crippen LogP contribution in [0.5, 0.6) is 0 Å². The molecular formula is C20H30N4O2. The van der Waals surface area contributed by atoms with E-state index in [4.69, 9.17) is 0 Å². The molecule has 2 fully saturated rings. The van der Waals surface area contributed by atoms with Gasteiger partial charge in [-0.3, -0.25) is 9.59 Å². The second kappa shape index (κ2) is 8.08. The third-order valence-corrected chi connectivity index (χ3v) is 5.28. The van der Waals surface area contributed by atoms with Gasteiger partial charge in [-0.2, -0.15) is 0 Å². The predicted octanol–water partition coefficient (Wildman–Crippen LogP) is 2.07. The molecule has 3 rings (SSSR count). The number of amides is 2. The molecule has 2 aliphatic rings. The van der Waals surface area contributed by atoms with Gasteiger partial charge in [0.25, 0.3) is 0 Å². The van der Waals surface area contributed by atoms with Crippen LogP contribution in [0.15, 0.2) is 24.3 Å². The molecule has 2 N–H and O–H groups in total. The topological polar surface area (TPSA) is 64.7 Å².